The molecule has 0 radical (unpaired) electrons. The van der Waals surface area contributed by atoms with E-state index >= 15 is 0 Å². The summed E-state index contributed by atoms with van der Waals surface area (Å²) in [6.07, 6.45) is 1.94. The first-order chi connectivity index (χ1) is 10.2. The molecule has 1 saturated heterocycles. The molecule has 0 bridgehead atoms. The topological polar surface area (TPSA) is 54.0 Å². The van der Waals surface area contributed by atoms with E-state index in [-0.39, 0.29) is 11.9 Å². The lowest BCUT2D eigenvalue weighted by Crippen LogP contribution is -2.42. The molecule has 2 heterocycles. The first kappa shape index (κ1) is 14.5. The average Bonchev–Trinajstić information content (AvgIpc) is 2.99. The number of hydrogen-bond donors (Lipinski definition) is 2. The first-order valence-corrected chi connectivity index (χ1v) is 8.21. The van der Waals surface area contributed by atoms with Crippen LogP contribution in [0.1, 0.15) is 23.3 Å². The quantitative estimate of drug-likeness (QED) is 0.914. The molecule has 0 atom stereocenters. The number of piperidine rings is 1. The third-order valence-corrected chi connectivity index (χ3v) is 4.65. The Bertz CT molecular complexity index is 620. The number of halogens is 1. The zero-order valence-corrected chi connectivity index (χ0v) is 13.0. The van der Waals surface area contributed by atoms with Gasteiger partial charge in [0.25, 0.3) is 5.91 Å². The largest absolute Gasteiger partial charge is 0.348 e. The maximum absolute atomic E-state index is 12.2. The number of benzene rings is 1. The van der Waals surface area contributed by atoms with Gasteiger partial charge < -0.3 is 10.6 Å². The Morgan fingerprint density at radius 3 is 2.71 bits per heavy atom. The normalized spacial score (nSPS) is 15.9. The van der Waals surface area contributed by atoms with Crippen LogP contribution in [0.2, 0.25) is 5.02 Å². The fraction of sp³-hybridized carbons (Fsp3) is 0.333. The summed E-state index contributed by atoms with van der Waals surface area (Å²) in [5.41, 5.74) is 1.47. The molecule has 0 saturated carbocycles. The number of carbonyl (C=O) groups excluding carboxylic acids is 1. The van der Waals surface area contributed by atoms with Crippen molar-refractivity contribution in [2.45, 2.75) is 18.9 Å². The molecule has 0 unspecified atom stereocenters. The average molecular weight is 322 g/mol. The minimum Gasteiger partial charge on any atom is -0.348 e. The highest BCUT2D eigenvalue weighted by Gasteiger charge is 2.18. The van der Waals surface area contributed by atoms with E-state index in [1.807, 2.05) is 24.3 Å². The molecule has 3 rings (SSSR count). The molecule has 1 fully saturated rings. The summed E-state index contributed by atoms with van der Waals surface area (Å²) in [7, 11) is 0. The summed E-state index contributed by atoms with van der Waals surface area (Å²) in [6.45, 7) is 1.91. The van der Waals surface area contributed by atoms with Crippen LogP contribution in [0.3, 0.4) is 0 Å². The number of aromatic nitrogens is 1. The molecule has 1 aliphatic heterocycles. The van der Waals surface area contributed by atoms with Crippen LogP contribution in [0.5, 0.6) is 0 Å². The van der Waals surface area contributed by atoms with Crippen molar-refractivity contribution in [2.24, 2.45) is 0 Å². The molecule has 1 aromatic carbocycles. The number of amides is 1. The van der Waals surface area contributed by atoms with Gasteiger partial charge in [-0.05, 0) is 38.1 Å². The molecule has 1 aromatic heterocycles. The summed E-state index contributed by atoms with van der Waals surface area (Å²) >= 11 is 7.35. The van der Waals surface area contributed by atoms with Crippen molar-refractivity contribution in [1.29, 1.82) is 0 Å². The highest BCUT2D eigenvalue weighted by Crippen LogP contribution is 2.25. The van der Waals surface area contributed by atoms with Gasteiger partial charge in [0.15, 0.2) is 0 Å². The van der Waals surface area contributed by atoms with Crippen molar-refractivity contribution in [2.75, 3.05) is 13.1 Å². The Morgan fingerprint density at radius 2 is 2.00 bits per heavy atom. The minimum atomic E-state index is -0.0848. The van der Waals surface area contributed by atoms with E-state index in [1.165, 1.54) is 11.3 Å². The minimum absolute atomic E-state index is 0.0848. The predicted molar refractivity (Wildman–Crippen MR) is 85.9 cm³/mol. The molecule has 0 aliphatic carbocycles. The Hall–Kier alpha value is -1.43. The lowest BCUT2D eigenvalue weighted by atomic mass is 10.1. The lowest BCUT2D eigenvalue weighted by Gasteiger charge is -2.23. The fourth-order valence-corrected chi connectivity index (χ4v) is 3.26. The van der Waals surface area contributed by atoms with E-state index in [9.17, 15) is 4.79 Å². The molecular weight excluding hydrogens is 306 g/mol. The third-order valence-electron chi connectivity index (χ3n) is 3.50. The molecule has 21 heavy (non-hydrogen) atoms. The van der Waals surface area contributed by atoms with E-state index in [4.69, 9.17) is 11.6 Å². The second-order valence-corrected chi connectivity index (χ2v) is 6.34. The summed E-state index contributed by atoms with van der Waals surface area (Å²) in [5, 5.41) is 9.67. The Morgan fingerprint density at radius 1 is 1.29 bits per heavy atom. The third kappa shape index (κ3) is 3.61. The van der Waals surface area contributed by atoms with Crippen LogP contribution in [0.25, 0.3) is 10.6 Å². The zero-order valence-electron chi connectivity index (χ0n) is 11.4. The van der Waals surface area contributed by atoms with Gasteiger partial charge in [0, 0.05) is 22.0 Å². The number of nitrogens with one attached hydrogen (secondary N) is 2. The summed E-state index contributed by atoms with van der Waals surface area (Å²) < 4.78 is 0. The van der Waals surface area contributed by atoms with Gasteiger partial charge in [-0.25, -0.2) is 4.98 Å². The van der Waals surface area contributed by atoms with Crippen molar-refractivity contribution < 1.29 is 4.79 Å². The van der Waals surface area contributed by atoms with E-state index in [2.05, 4.69) is 15.6 Å². The Kier molecular flexibility index (Phi) is 4.53. The lowest BCUT2D eigenvalue weighted by molar-refractivity contribution is 0.0925. The zero-order chi connectivity index (χ0) is 14.7. The smallest absolute Gasteiger partial charge is 0.270 e. The summed E-state index contributed by atoms with van der Waals surface area (Å²) in [5.74, 6) is -0.0848. The number of thiazole rings is 1. The van der Waals surface area contributed by atoms with Crippen molar-refractivity contribution >= 4 is 28.8 Å². The predicted octanol–water partition coefficient (Wildman–Crippen LogP) is 2.95. The number of carbonyl (C=O) groups is 1. The van der Waals surface area contributed by atoms with Crippen LogP contribution in [0.4, 0.5) is 0 Å². The molecule has 2 N–H and O–H groups in total. The van der Waals surface area contributed by atoms with Crippen LogP contribution in [0.15, 0.2) is 29.6 Å². The van der Waals surface area contributed by atoms with Gasteiger partial charge in [0.1, 0.15) is 10.7 Å². The van der Waals surface area contributed by atoms with E-state index in [0.29, 0.717) is 10.7 Å². The second kappa shape index (κ2) is 6.56. The maximum Gasteiger partial charge on any atom is 0.270 e. The van der Waals surface area contributed by atoms with Gasteiger partial charge in [0.05, 0.1) is 0 Å². The van der Waals surface area contributed by atoms with Gasteiger partial charge >= 0.3 is 0 Å². The number of nitrogens with zero attached hydrogens (tertiary/aromatic N) is 1. The fourth-order valence-electron chi connectivity index (χ4n) is 2.33. The van der Waals surface area contributed by atoms with E-state index < -0.39 is 0 Å². The number of hydrogen-bond acceptors (Lipinski definition) is 4. The van der Waals surface area contributed by atoms with Gasteiger partial charge in [-0.1, -0.05) is 23.7 Å². The monoisotopic (exact) mass is 321 g/mol. The van der Waals surface area contributed by atoms with Crippen LogP contribution >= 0.6 is 22.9 Å². The maximum atomic E-state index is 12.2. The molecular formula is C15H16ClN3OS. The second-order valence-electron chi connectivity index (χ2n) is 5.04. The summed E-state index contributed by atoms with van der Waals surface area (Å²) in [4.78, 5) is 16.6. The van der Waals surface area contributed by atoms with Gasteiger partial charge in [-0.3, -0.25) is 4.79 Å². The van der Waals surface area contributed by atoms with Gasteiger partial charge in [-0.15, -0.1) is 11.3 Å². The molecule has 1 amide bonds. The highest BCUT2D eigenvalue weighted by atomic mass is 35.5. The molecule has 2 aromatic rings. The summed E-state index contributed by atoms with van der Waals surface area (Å²) in [6, 6.07) is 7.73. The highest BCUT2D eigenvalue weighted by molar-refractivity contribution is 7.13. The SMILES string of the molecule is O=C(NC1CCNCC1)c1csc(-c2ccc(Cl)cc2)n1. The molecule has 4 nitrogen and oxygen atoms in total. The van der Waals surface area contributed by atoms with Crippen LogP contribution < -0.4 is 10.6 Å². The molecule has 110 valence electrons. The number of rotatable bonds is 3. The molecule has 6 heteroatoms. The molecule has 0 spiro atoms. The standard InChI is InChI=1S/C15H16ClN3OS/c16-11-3-1-10(2-4-11)15-19-13(9-21-15)14(20)18-12-5-7-17-8-6-12/h1-4,9,12,17H,5-8H2,(H,18,20). The van der Waals surface area contributed by atoms with Crippen molar-refractivity contribution in [3.05, 3.63) is 40.4 Å². The Balaban J connectivity index is 1.69. The van der Waals surface area contributed by atoms with Crippen LogP contribution in [-0.4, -0.2) is 30.0 Å². The van der Waals surface area contributed by atoms with Crippen molar-refractivity contribution in [3.8, 4) is 10.6 Å². The van der Waals surface area contributed by atoms with Crippen LogP contribution in [-0.2, 0) is 0 Å². The van der Waals surface area contributed by atoms with Crippen molar-refractivity contribution in [3.63, 3.8) is 0 Å². The molecule has 1 aliphatic rings. The van der Waals surface area contributed by atoms with E-state index in [0.717, 1.165) is 36.5 Å². The Labute approximate surface area is 132 Å². The first-order valence-electron chi connectivity index (χ1n) is 6.95. The van der Waals surface area contributed by atoms with Gasteiger partial charge in [0.2, 0.25) is 0 Å². The van der Waals surface area contributed by atoms with E-state index in [1.54, 1.807) is 5.38 Å². The van der Waals surface area contributed by atoms with Crippen LogP contribution in [0, 0.1) is 0 Å². The van der Waals surface area contributed by atoms with Crippen molar-refractivity contribution in [1.82, 2.24) is 15.6 Å². The van der Waals surface area contributed by atoms with Gasteiger partial charge in [-0.2, -0.15) is 0 Å².